The van der Waals surface area contributed by atoms with E-state index in [4.69, 9.17) is 14.3 Å². The van der Waals surface area contributed by atoms with Gasteiger partial charge in [0.25, 0.3) is 0 Å². The molecule has 3 aromatic carbocycles. The zero-order valence-electron chi connectivity index (χ0n) is 23.2. The molecule has 7 heteroatoms. The van der Waals surface area contributed by atoms with Gasteiger partial charge in [-0.15, -0.1) is 0 Å². The maximum absolute atomic E-state index is 13.7. The monoisotopic (exact) mass is 532 g/mol. The number of unbranched alkanes of at least 4 members (excludes halogenated alkanes) is 1. The van der Waals surface area contributed by atoms with E-state index in [1.165, 1.54) is 24.3 Å². The van der Waals surface area contributed by atoms with E-state index in [2.05, 4.69) is 42.7 Å². The van der Waals surface area contributed by atoms with Crippen LogP contribution in [0.25, 0.3) is 22.2 Å². The number of carbonyl (C=O) groups is 1. The summed E-state index contributed by atoms with van der Waals surface area (Å²) in [7, 11) is 3.07. The van der Waals surface area contributed by atoms with Crippen molar-refractivity contribution in [2.24, 2.45) is 0 Å². The molecule has 1 amide bonds. The van der Waals surface area contributed by atoms with Crippen molar-refractivity contribution < 1.29 is 23.5 Å². The van der Waals surface area contributed by atoms with Gasteiger partial charge in [-0.2, -0.15) is 0 Å². The topological polar surface area (TPSA) is 52.9 Å². The summed E-state index contributed by atoms with van der Waals surface area (Å²) in [6.45, 7) is 6.05. The van der Waals surface area contributed by atoms with Gasteiger partial charge in [0.05, 0.1) is 26.0 Å². The van der Waals surface area contributed by atoms with E-state index in [1.54, 1.807) is 7.05 Å². The molecule has 0 fully saturated rings. The molecule has 206 valence electrons. The Morgan fingerprint density at radius 3 is 2.28 bits per heavy atom. The predicted octanol–water partition coefficient (Wildman–Crippen LogP) is 7.16. The lowest BCUT2D eigenvalue weighted by Crippen LogP contribution is -2.25. The van der Waals surface area contributed by atoms with Gasteiger partial charge in [-0.25, -0.2) is 9.45 Å². The third-order valence-corrected chi connectivity index (χ3v) is 6.87. The second-order valence-corrected chi connectivity index (χ2v) is 9.62. The summed E-state index contributed by atoms with van der Waals surface area (Å²) in [5.74, 6) is 1.28. The van der Waals surface area contributed by atoms with Crippen molar-refractivity contribution in [2.45, 2.75) is 46.1 Å². The Morgan fingerprint density at radius 1 is 0.923 bits per heavy atom. The van der Waals surface area contributed by atoms with Crippen LogP contribution < -0.4 is 9.47 Å². The second kappa shape index (κ2) is 13.3. The molecule has 6 nitrogen and oxygen atoms in total. The Morgan fingerprint density at radius 2 is 1.59 bits per heavy atom. The van der Waals surface area contributed by atoms with Crippen LogP contribution in [-0.2, 0) is 16.2 Å². The van der Waals surface area contributed by atoms with Gasteiger partial charge in [-0.1, -0.05) is 25.5 Å². The molecule has 0 saturated heterocycles. The molecule has 39 heavy (non-hydrogen) atoms. The van der Waals surface area contributed by atoms with Crippen LogP contribution in [-0.4, -0.2) is 42.9 Å². The molecule has 0 saturated carbocycles. The maximum atomic E-state index is 13.7. The molecular formula is C32H37FN2O4. The summed E-state index contributed by atoms with van der Waals surface area (Å²) in [4.78, 5) is 16.7. The minimum absolute atomic E-state index is 0.0812. The fourth-order valence-electron chi connectivity index (χ4n) is 4.62. The summed E-state index contributed by atoms with van der Waals surface area (Å²) < 4.78 is 27.8. The Hall–Kier alpha value is -3.84. The average molecular weight is 533 g/mol. The van der Waals surface area contributed by atoms with E-state index in [9.17, 15) is 9.18 Å². The SMILES string of the molecule is CCCCOc1ccc2c(c1)c(C)c(-c1ccc(F)cc1)n2Cc1ccc(OCCCC(=O)N(C)OC)cc1. The number of ether oxygens (including phenoxy) is 2. The van der Waals surface area contributed by atoms with Crippen molar-refractivity contribution in [3.63, 3.8) is 0 Å². The van der Waals surface area contributed by atoms with E-state index in [0.717, 1.165) is 57.6 Å². The van der Waals surface area contributed by atoms with E-state index < -0.39 is 0 Å². The van der Waals surface area contributed by atoms with Crippen LogP contribution in [0.1, 0.15) is 43.7 Å². The molecule has 1 heterocycles. The summed E-state index contributed by atoms with van der Waals surface area (Å²) >= 11 is 0. The number of rotatable bonds is 13. The molecule has 0 aliphatic carbocycles. The molecule has 0 unspecified atom stereocenters. The van der Waals surface area contributed by atoms with Crippen LogP contribution in [0.15, 0.2) is 66.7 Å². The summed E-state index contributed by atoms with van der Waals surface area (Å²) in [5.41, 5.74) is 5.36. The molecule has 1 aromatic heterocycles. The van der Waals surface area contributed by atoms with Crippen molar-refractivity contribution in [3.05, 3.63) is 83.7 Å². The van der Waals surface area contributed by atoms with Gasteiger partial charge in [0.2, 0.25) is 5.91 Å². The van der Waals surface area contributed by atoms with Crippen LogP contribution in [0.2, 0.25) is 0 Å². The Bertz CT molecular complexity index is 1380. The molecule has 0 bridgehead atoms. The summed E-state index contributed by atoms with van der Waals surface area (Å²) in [6.07, 6.45) is 3.07. The minimum Gasteiger partial charge on any atom is -0.494 e. The van der Waals surface area contributed by atoms with Gasteiger partial charge in [0.1, 0.15) is 17.3 Å². The number of aromatic nitrogens is 1. The van der Waals surface area contributed by atoms with E-state index in [0.29, 0.717) is 32.6 Å². The Balaban J connectivity index is 1.55. The highest BCUT2D eigenvalue weighted by molar-refractivity contribution is 5.92. The Labute approximate surface area is 229 Å². The van der Waals surface area contributed by atoms with Crippen LogP contribution >= 0.6 is 0 Å². The molecule has 0 aliphatic heterocycles. The largest absolute Gasteiger partial charge is 0.494 e. The van der Waals surface area contributed by atoms with Gasteiger partial charge >= 0.3 is 0 Å². The smallest absolute Gasteiger partial charge is 0.245 e. The number of hydrogen-bond donors (Lipinski definition) is 0. The number of carbonyl (C=O) groups excluding carboxylic acids is 1. The number of hydroxylamine groups is 2. The predicted molar refractivity (Wildman–Crippen MR) is 153 cm³/mol. The highest BCUT2D eigenvalue weighted by Crippen LogP contribution is 2.36. The molecule has 0 atom stereocenters. The number of aryl methyl sites for hydroxylation is 1. The molecule has 0 aliphatic rings. The first-order chi connectivity index (χ1) is 18.9. The van der Waals surface area contributed by atoms with Gasteiger partial charge < -0.3 is 14.0 Å². The normalized spacial score (nSPS) is 11.1. The van der Waals surface area contributed by atoms with E-state index in [1.807, 2.05) is 30.3 Å². The fourth-order valence-corrected chi connectivity index (χ4v) is 4.62. The Kier molecular flexibility index (Phi) is 9.60. The van der Waals surface area contributed by atoms with Crippen LogP contribution in [0.3, 0.4) is 0 Å². The van der Waals surface area contributed by atoms with Gasteiger partial charge in [-0.3, -0.25) is 9.63 Å². The van der Waals surface area contributed by atoms with Crippen LogP contribution in [0.4, 0.5) is 4.39 Å². The van der Waals surface area contributed by atoms with Crippen LogP contribution in [0.5, 0.6) is 11.5 Å². The number of nitrogens with zero attached hydrogens (tertiary/aromatic N) is 2. The van der Waals surface area contributed by atoms with Crippen LogP contribution in [0, 0.1) is 12.7 Å². The highest BCUT2D eigenvalue weighted by Gasteiger charge is 2.17. The van der Waals surface area contributed by atoms with Crippen molar-refractivity contribution in [2.75, 3.05) is 27.4 Å². The molecular weight excluding hydrogens is 495 g/mol. The lowest BCUT2D eigenvalue weighted by molar-refractivity contribution is -0.168. The zero-order valence-corrected chi connectivity index (χ0v) is 23.2. The van der Waals surface area contributed by atoms with Gasteiger partial charge in [0, 0.05) is 30.9 Å². The van der Waals surface area contributed by atoms with Gasteiger partial charge in [-0.05, 0) is 91.1 Å². The lowest BCUT2D eigenvalue weighted by Gasteiger charge is -2.14. The molecule has 0 N–H and O–H groups in total. The first-order valence-electron chi connectivity index (χ1n) is 13.4. The third-order valence-electron chi connectivity index (χ3n) is 6.87. The van der Waals surface area contributed by atoms with Crippen molar-refractivity contribution in [3.8, 4) is 22.8 Å². The standard InChI is InChI=1S/C32H37FN2O4/c1-5-6-19-39-28-17-18-30-29(21-28)23(2)32(25-11-13-26(33)14-12-25)35(30)22-24-9-15-27(16-10-24)38-20-7-8-31(36)34(3)37-4/h9-18,21H,5-8,19-20,22H2,1-4H3. The van der Waals surface area contributed by atoms with Crippen molar-refractivity contribution in [1.82, 2.24) is 9.63 Å². The molecule has 4 aromatic rings. The number of amides is 1. The molecule has 0 radical (unpaired) electrons. The number of benzene rings is 3. The lowest BCUT2D eigenvalue weighted by atomic mass is 10.1. The second-order valence-electron chi connectivity index (χ2n) is 9.62. The molecule has 0 spiro atoms. The number of hydrogen-bond acceptors (Lipinski definition) is 4. The van der Waals surface area contributed by atoms with E-state index in [-0.39, 0.29) is 11.7 Å². The fraction of sp³-hybridized carbons (Fsp3) is 0.344. The van der Waals surface area contributed by atoms with Gasteiger partial charge in [0.15, 0.2) is 0 Å². The minimum atomic E-state index is -0.253. The first-order valence-corrected chi connectivity index (χ1v) is 13.4. The quantitative estimate of drug-likeness (QED) is 0.135. The summed E-state index contributed by atoms with van der Waals surface area (Å²) in [6, 6.07) is 20.9. The van der Waals surface area contributed by atoms with Crippen molar-refractivity contribution >= 4 is 16.8 Å². The number of halogens is 1. The third kappa shape index (κ3) is 6.98. The van der Waals surface area contributed by atoms with E-state index >= 15 is 0 Å². The average Bonchev–Trinajstić information content (AvgIpc) is 3.22. The number of fused-ring (bicyclic) bond motifs is 1. The molecule has 4 rings (SSSR count). The summed E-state index contributed by atoms with van der Waals surface area (Å²) in [5, 5.41) is 2.35. The highest BCUT2D eigenvalue weighted by atomic mass is 19.1. The zero-order chi connectivity index (χ0) is 27.8. The first kappa shape index (κ1) is 28.2. The maximum Gasteiger partial charge on any atom is 0.245 e. The van der Waals surface area contributed by atoms with Crippen molar-refractivity contribution in [1.29, 1.82) is 0 Å².